The second-order valence-electron chi connectivity index (χ2n) is 5.42. The average molecular weight is 356 g/mol. The molecule has 2 N–H and O–H groups in total. The van der Waals surface area contributed by atoms with Gasteiger partial charge in [-0.25, -0.2) is 0 Å². The lowest BCUT2D eigenvalue weighted by atomic mass is 10.1. The Morgan fingerprint density at radius 1 is 1.16 bits per heavy atom. The molecule has 0 bridgehead atoms. The van der Waals surface area contributed by atoms with Gasteiger partial charge in [0.25, 0.3) is 0 Å². The summed E-state index contributed by atoms with van der Waals surface area (Å²) in [5.41, 5.74) is 2.13. The number of para-hydroxylation sites is 1. The van der Waals surface area contributed by atoms with E-state index in [1.807, 2.05) is 42.5 Å². The number of nitrogens with one attached hydrogen (secondary N) is 2. The molecule has 0 heterocycles. The molecule has 0 spiro atoms. The van der Waals surface area contributed by atoms with Gasteiger partial charge in [0.1, 0.15) is 18.1 Å². The number of benzene rings is 2. The van der Waals surface area contributed by atoms with Gasteiger partial charge in [-0.05, 0) is 61.0 Å². The highest BCUT2D eigenvalue weighted by atomic mass is 32.1. The summed E-state index contributed by atoms with van der Waals surface area (Å²) < 4.78 is 10.8. The Hall–Kier alpha value is -2.53. The van der Waals surface area contributed by atoms with Crippen molar-refractivity contribution >= 4 is 23.0 Å². The van der Waals surface area contributed by atoms with Crippen LogP contribution in [0.5, 0.6) is 11.5 Å². The van der Waals surface area contributed by atoms with Crippen LogP contribution in [0.2, 0.25) is 0 Å². The van der Waals surface area contributed by atoms with E-state index in [2.05, 4.69) is 23.3 Å². The van der Waals surface area contributed by atoms with Gasteiger partial charge in [-0.3, -0.25) is 0 Å². The van der Waals surface area contributed by atoms with Crippen LogP contribution in [0.3, 0.4) is 0 Å². The molecular weight excluding hydrogens is 332 g/mol. The summed E-state index contributed by atoms with van der Waals surface area (Å²) in [4.78, 5) is 0. The van der Waals surface area contributed by atoms with Gasteiger partial charge in [0, 0.05) is 12.2 Å². The molecule has 0 saturated heterocycles. The number of methoxy groups -OCH3 is 1. The molecule has 0 unspecified atom stereocenters. The van der Waals surface area contributed by atoms with E-state index in [-0.39, 0.29) is 0 Å². The van der Waals surface area contributed by atoms with Crippen molar-refractivity contribution in [3.63, 3.8) is 0 Å². The number of anilines is 1. The lowest BCUT2D eigenvalue weighted by molar-refractivity contribution is 0.363. The van der Waals surface area contributed by atoms with E-state index in [1.165, 1.54) is 5.56 Å². The topological polar surface area (TPSA) is 42.5 Å². The van der Waals surface area contributed by atoms with Gasteiger partial charge in [-0.1, -0.05) is 30.9 Å². The molecule has 132 valence electrons. The summed E-state index contributed by atoms with van der Waals surface area (Å²) >= 11 is 5.33. The lowest BCUT2D eigenvalue weighted by Crippen LogP contribution is -2.29. The van der Waals surface area contributed by atoms with E-state index in [0.717, 1.165) is 36.6 Å². The van der Waals surface area contributed by atoms with E-state index < -0.39 is 0 Å². The van der Waals surface area contributed by atoms with E-state index >= 15 is 0 Å². The summed E-state index contributed by atoms with van der Waals surface area (Å²) in [6.45, 7) is 4.92. The first-order valence-electron chi connectivity index (χ1n) is 8.23. The summed E-state index contributed by atoms with van der Waals surface area (Å²) in [5.74, 6) is 1.74. The van der Waals surface area contributed by atoms with Gasteiger partial charge >= 0.3 is 0 Å². The highest BCUT2D eigenvalue weighted by molar-refractivity contribution is 7.80. The van der Waals surface area contributed by atoms with Gasteiger partial charge in [0.15, 0.2) is 5.11 Å². The molecule has 0 atom stereocenters. The summed E-state index contributed by atoms with van der Waals surface area (Å²) in [6, 6.07) is 15.7. The first kappa shape index (κ1) is 18.8. The lowest BCUT2D eigenvalue weighted by Gasteiger charge is -2.12. The van der Waals surface area contributed by atoms with Gasteiger partial charge in [0.05, 0.1) is 7.11 Å². The zero-order valence-corrected chi connectivity index (χ0v) is 15.3. The number of rotatable bonds is 9. The predicted molar refractivity (Wildman–Crippen MR) is 108 cm³/mol. The number of hydrogen-bond acceptors (Lipinski definition) is 3. The van der Waals surface area contributed by atoms with Crippen LogP contribution in [-0.4, -0.2) is 25.4 Å². The molecule has 0 amide bonds. The SMILES string of the molecule is C=CCOc1ccc(NC(=S)NCCCc2ccccc2OC)cc1. The molecule has 5 heteroatoms. The van der Waals surface area contributed by atoms with Crippen molar-refractivity contribution in [1.82, 2.24) is 5.32 Å². The summed E-state index contributed by atoms with van der Waals surface area (Å²) in [5, 5.41) is 7.00. The minimum atomic E-state index is 0.499. The minimum Gasteiger partial charge on any atom is -0.496 e. The normalized spacial score (nSPS) is 9.96. The smallest absolute Gasteiger partial charge is 0.170 e. The molecule has 25 heavy (non-hydrogen) atoms. The maximum absolute atomic E-state index is 5.45. The van der Waals surface area contributed by atoms with Crippen molar-refractivity contribution < 1.29 is 9.47 Å². The van der Waals surface area contributed by atoms with Gasteiger partial charge in [0.2, 0.25) is 0 Å². The van der Waals surface area contributed by atoms with Crippen LogP contribution < -0.4 is 20.1 Å². The second kappa shape index (κ2) is 10.4. The first-order valence-corrected chi connectivity index (χ1v) is 8.64. The van der Waals surface area contributed by atoms with Crippen molar-refractivity contribution in [2.75, 3.05) is 25.6 Å². The largest absolute Gasteiger partial charge is 0.496 e. The van der Waals surface area contributed by atoms with Crippen LogP contribution in [0.1, 0.15) is 12.0 Å². The molecule has 0 aliphatic heterocycles. The monoisotopic (exact) mass is 356 g/mol. The Morgan fingerprint density at radius 2 is 1.92 bits per heavy atom. The first-order chi connectivity index (χ1) is 12.2. The Labute approximate surface area is 154 Å². The van der Waals surface area contributed by atoms with Gasteiger partial charge < -0.3 is 20.1 Å². The molecule has 2 aromatic rings. The molecule has 0 radical (unpaired) electrons. The van der Waals surface area contributed by atoms with Crippen LogP contribution >= 0.6 is 12.2 Å². The number of aryl methyl sites for hydroxylation is 1. The van der Waals surface area contributed by atoms with Crippen molar-refractivity contribution in [3.05, 3.63) is 66.7 Å². The van der Waals surface area contributed by atoms with Crippen molar-refractivity contribution in [1.29, 1.82) is 0 Å². The molecule has 0 aliphatic carbocycles. The van der Waals surface area contributed by atoms with Crippen molar-refractivity contribution in [2.24, 2.45) is 0 Å². The highest BCUT2D eigenvalue weighted by Crippen LogP contribution is 2.18. The third kappa shape index (κ3) is 6.47. The molecular formula is C20H24N2O2S. The summed E-state index contributed by atoms with van der Waals surface area (Å²) in [7, 11) is 1.70. The average Bonchev–Trinajstić information content (AvgIpc) is 2.65. The maximum Gasteiger partial charge on any atom is 0.170 e. The van der Waals surface area contributed by atoms with E-state index in [9.17, 15) is 0 Å². The molecule has 0 aromatic heterocycles. The fourth-order valence-electron chi connectivity index (χ4n) is 2.36. The van der Waals surface area contributed by atoms with Crippen LogP contribution in [0.4, 0.5) is 5.69 Å². The zero-order valence-electron chi connectivity index (χ0n) is 14.5. The fourth-order valence-corrected chi connectivity index (χ4v) is 2.58. The Kier molecular flexibility index (Phi) is 7.79. The van der Waals surface area contributed by atoms with Gasteiger partial charge in [-0.2, -0.15) is 0 Å². The Bertz CT molecular complexity index is 686. The van der Waals surface area contributed by atoms with Crippen molar-refractivity contribution in [2.45, 2.75) is 12.8 Å². The number of ether oxygens (including phenoxy) is 2. The number of hydrogen-bond donors (Lipinski definition) is 2. The quantitative estimate of drug-likeness (QED) is 0.401. The van der Waals surface area contributed by atoms with E-state index in [1.54, 1.807) is 13.2 Å². The van der Waals surface area contributed by atoms with Crippen LogP contribution in [0.15, 0.2) is 61.2 Å². The maximum atomic E-state index is 5.45. The molecule has 0 fully saturated rings. The molecule has 4 nitrogen and oxygen atoms in total. The molecule has 2 aromatic carbocycles. The highest BCUT2D eigenvalue weighted by Gasteiger charge is 2.02. The van der Waals surface area contributed by atoms with Gasteiger partial charge in [-0.15, -0.1) is 0 Å². The predicted octanol–water partition coefficient (Wildman–Crippen LogP) is 4.18. The third-order valence-electron chi connectivity index (χ3n) is 3.58. The second-order valence-corrected chi connectivity index (χ2v) is 5.83. The van der Waals surface area contributed by atoms with Crippen LogP contribution in [-0.2, 0) is 6.42 Å². The van der Waals surface area contributed by atoms with Crippen LogP contribution in [0.25, 0.3) is 0 Å². The fraction of sp³-hybridized carbons (Fsp3) is 0.250. The molecule has 0 aliphatic rings. The third-order valence-corrected chi connectivity index (χ3v) is 3.83. The number of thiocarbonyl (C=S) groups is 1. The standard InChI is InChI=1S/C20H24N2O2S/c1-3-15-24-18-12-10-17(11-13-18)22-20(25)21-14-6-8-16-7-4-5-9-19(16)23-2/h3-5,7,9-13H,1,6,8,14-15H2,2H3,(H2,21,22,25). The zero-order chi connectivity index (χ0) is 17.9. The summed E-state index contributed by atoms with van der Waals surface area (Å²) in [6.07, 6.45) is 3.63. The van der Waals surface area contributed by atoms with Crippen molar-refractivity contribution in [3.8, 4) is 11.5 Å². The molecule has 0 saturated carbocycles. The minimum absolute atomic E-state index is 0.499. The van der Waals surface area contributed by atoms with E-state index in [4.69, 9.17) is 21.7 Å². The Balaban J connectivity index is 1.71. The van der Waals surface area contributed by atoms with Crippen LogP contribution in [0, 0.1) is 0 Å². The molecule has 2 rings (SSSR count). The van der Waals surface area contributed by atoms with E-state index in [0.29, 0.717) is 11.7 Å². The Morgan fingerprint density at radius 3 is 2.64 bits per heavy atom.